The summed E-state index contributed by atoms with van der Waals surface area (Å²) in [4.78, 5) is 11.8. The molecule has 1 amide bonds. The number of rotatable bonds is 2. The van der Waals surface area contributed by atoms with Gasteiger partial charge in [-0.05, 0) is 31.9 Å². The molecule has 0 atom stereocenters. The van der Waals surface area contributed by atoms with Crippen molar-refractivity contribution in [1.82, 2.24) is 5.32 Å². The third-order valence-corrected chi connectivity index (χ3v) is 3.00. The molecule has 0 unspecified atom stereocenters. The van der Waals surface area contributed by atoms with Crippen LogP contribution in [0.2, 0.25) is 0 Å². The minimum absolute atomic E-state index is 0.0712. The van der Waals surface area contributed by atoms with Crippen LogP contribution in [0.3, 0.4) is 0 Å². The van der Waals surface area contributed by atoms with Crippen LogP contribution < -0.4 is 5.32 Å². The summed E-state index contributed by atoms with van der Waals surface area (Å²) in [6.07, 6.45) is 6.02. The maximum absolute atomic E-state index is 11.8. The quantitative estimate of drug-likeness (QED) is 0.799. The molecule has 1 saturated carbocycles. The van der Waals surface area contributed by atoms with Gasteiger partial charge in [0.15, 0.2) is 0 Å². The van der Waals surface area contributed by atoms with Gasteiger partial charge in [-0.15, -0.1) is 0 Å². The summed E-state index contributed by atoms with van der Waals surface area (Å²) in [5.41, 5.74) is 1.96. The lowest BCUT2D eigenvalue weighted by molar-refractivity contribution is 0.0938. The van der Waals surface area contributed by atoms with Gasteiger partial charge in [0.1, 0.15) is 0 Å². The fourth-order valence-corrected chi connectivity index (χ4v) is 2.04. The fourth-order valence-electron chi connectivity index (χ4n) is 2.04. The van der Waals surface area contributed by atoms with E-state index in [-0.39, 0.29) is 5.91 Å². The van der Waals surface area contributed by atoms with Crippen LogP contribution in [-0.2, 0) is 0 Å². The number of nitrogens with one attached hydrogen (secondary N) is 1. The maximum atomic E-state index is 11.8. The summed E-state index contributed by atoms with van der Waals surface area (Å²) >= 11 is 0. The van der Waals surface area contributed by atoms with Crippen LogP contribution in [0.4, 0.5) is 0 Å². The summed E-state index contributed by atoms with van der Waals surface area (Å²) < 4.78 is 0. The van der Waals surface area contributed by atoms with E-state index in [1.54, 1.807) is 0 Å². The van der Waals surface area contributed by atoms with Crippen molar-refractivity contribution < 1.29 is 4.79 Å². The van der Waals surface area contributed by atoms with E-state index in [1.807, 2.05) is 45.0 Å². The van der Waals surface area contributed by atoms with Gasteiger partial charge in [0.05, 0.1) is 0 Å². The third kappa shape index (κ3) is 7.32. The molecule has 20 heavy (non-hydrogen) atoms. The van der Waals surface area contributed by atoms with E-state index < -0.39 is 0 Å². The first-order chi connectivity index (χ1) is 9.67. The van der Waals surface area contributed by atoms with Gasteiger partial charge in [-0.25, -0.2) is 0 Å². The largest absolute Gasteiger partial charge is 0.349 e. The van der Waals surface area contributed by atoms with Gasteiger partial charge in [0.2, 0.25) is 0 Å². The third-order valence-electron chi connectivity index (χ3n) is 3.00. The topological polar surface area (TPSA) is 29.1 Å². The number of carbonyl (C=O) groups excluding carboxylic acids is 1. The van der Waals surface area contributed by atoms with E-state index >= 15 is 0 Å². The van der Waals surface area contributed by atoms with Crippen LogP contribution in [0.15, 0.2) is 24.3 Å². The SMILES string of the molecule is CC.CCC.Cc1ccc(C(=O)NC2CCCC2)cc1. The first kappa shape index (κ1) is 18.7. The Labute approximate surface area is 125 Å². The number of benzene rings is 1. The molecule has 0 heterocycles. The van der Waals surface area contributed by atoms with Crippen molar-refractivity contribution in [2.24, 2.45) is 0 Å². The summed E-state index contributed by atoms with van der Waals surface area (Å²) in [6.45, 7) is 10.3. The highest BCUT2D eigenvalue weighted by Crippen LogP contribution is 2.18. The van der Waals surface area contributed by atoms with Gasteiger partial charge in [-0.1, -0.05) is 64.7 Å². The van der Waals surface area contributed by atoms with Crippen molar-refractivity contribution in [3.05, 3.63) is 35.4 Å². The first-order valence-electron chi connectivity index (χ1n) is 8.04. The average Bonchev–Trinajstić information content (AvgIpc) is 2.95. The first-order valence-corrected chi connectivity index (χ1v) is 8.04. The van der Waals surface area contributed by atoms with Crippen molar-refractivity contribution >= 4 is 5.91 Å². The Balaban J connectivity index is 0.000000641. The van der Waals surface area contributed by atoms with E-state index in [0.29, 0.717) is 6.04 Å². The summed E-state index contributed by atoms with van der Waals surface area (Å²) in [5.74, 6) is 0.0712. The molecule has 1 aromatic carbocycles. The van der Waals surface area contributed by atoms with Crippen molar-refractivity contribution in [3.8, 4) is 0 Å². The van der Waals surface area contributed by atoms with Crippen LogP contribution >= 0.6 is 0 Å². The van der Waals surface area contributed by atoms with E-state index in [9.17, 15) is 4.79 Å². The molecular formula is C18H31NO. The van der Waals surface area contributed by atoms with Crippen LogP contribution in [-0.4, -0.2) is 11.9 Å². The Morgan fingerprint density at radius 2 is 1.55 bits per heavy atom. The Bertz CT molecular complexity index is 350. The van der Waals surface area contributed by atoms with Gasteiger partial charge >= 0.3 is 0 Å². The van der Waals surface area contributed by atoms with Crippen LogP contribution in [0.25, 0.3) is 0 Å². The van der Waals surface area contributed by atoms with Crippen molar-refractivity contribution in [1.29, 1.82) is 0 Å². The molecular weight excluding hydrogens is 246 g/mol. The van der Waals surface area contributed by atoms with Crippen LogP contribution in [0.1, 0.15) is 75.7 Å². The lowest BCUT2D eigenvalue weighted by atomic mass is 10.1. The Kier molecular flexibility index (Phi) is 10.8. The fraction of sp³-hybridized carbons (Fsp3) is 0.611. The molecule has 1 aliphatic carbocycles. The van der Waals surface area contributed by atoms with Gasteiger partial charge in [0.25, 0.3) is 5.91 Å². The molecule has 0 radical (unpaired) electrons. The minimum atomic E-state index is 0.0712. The highest BCUT2D eigenvalue weighted by atomic mass is 16.1. The highest BCUT2D eigenvalue weighted by molar-refractivity contribution is 5.94. The average molecular weight is 277 g/mol. The highest BCUT2D eigenvalue weighted by Gasteiger charge is 2.17. The zero-order valence-corrected chi connectivity index (χ0v) is 13.8. The minimum Gasteiger partial charge on any atom is -0.349 e. The lowest BCUT2D eigenvalue weighted by Gasteiger charge is -2.11. The standard InChI is InChI=1S/C13H17NO.C3H8.C2H6/c1-10-6-8-11(9-7-10)13(15)14-12-4-2-3-5-12;1-3-2;1-2/h6-9,12H,2-5H2,1H3,(H,14,15);3H2,1-2H3;1-2H3. The molecule has 0 bridgehead atoms. The smallest absolute Gasteiger partial charge is 0.251 e. The van der Waals surface area contributed by atoms with Gasteiger partial charge in [0, 0.05) is 11.6 Å². The Hall–Kier alpha value is -1.31. The van der Waals surface area contributed by atoms with E-state index in [2.05, 4.69) is 19.2 Å². The predicted molar refractivity (Wildman–Crippen MR) is 88.2 cm³/mol. The number of carbonyl (C=O) groups is 1. The van der Waals surface area contributed by atoms with Crippen molar-refractivity contribution in [3.63, 3.8) is 0 Å². The molecule has 114 valence electrons. The molecule has 1 fully saturated rings. The van der Waals surface area contributed by atoms with Gasteiger partial charge < -0.3 is 5.32 Å². The monoisotopic (exact) mass is 277 g/mol. The molecule has 0 aliphatic heterocycles. The second kappa shape index (κ2) is 11.5. The molecule has 2 heteroatoms. The van der Waals surface area contributed by atoms with Crippen molar-refractivity contribution in [2.45, 2.75) is 72.8 Å². The normalized spacial score (nSPS) is 13.7. The van der Waals surface area contributed by atoms with Crippen molar-refractivity contribution in [2.75, 3.05) is 0 Å². The molecule has 2 nitrogen and oxygen atoms in total. The lowest BCUT2D eigenvalue weighted by Crippen LogP contribution is -2.32. The zero-order valence-electron chi connectivity index (χ0n) is 13.8. The van der Waals surface area contributed by atoms with E-state index in [1.165, 1.54) is 24.8 Å². The number of aryl methyl sites for hydroxylation is 1. The second-order valence-electron chi connectivity index (χ2n) is 5.03. The zero-order chi connectivity index (χ0) is 15.4. The number of hydrogen-bond donors (Lipinski definition) is 1. The molecule has 0 spiro atoms. The second-order valence-corrected chi connectivity index (χ2v) is 5.03. The summed E-state index contributed by atoms with van der Waals surface area (Å²) in [7, 11) is 0. The summed E-state index contributed by atoms with van der Waals surface area (Å²) in [6, 6.07) is 8.13. The van der Waals surface area contributed by atoms with E-state index in [0.717, 1.165) is 18.4 Å². The predicted octanol–water partition coefficient (Wildman–Crippen LogP) is 5.11. The van der Waals surface area contributed by atoms with Crippen LogP contribution in [0, 0.1) is 6.92 Å². The molecule has 2 rings (SSSR count). The Morgan fingerprint density at radius 3 is 2.00 bits per heavy atom. The molecule has 1 aromatic rings. The van der Waals surface area contributed by atoms with Crippen LogP contribution in [0.5, 0.6) is 0 Å². The number of amides is 1. The molecule has 0 aromatic heterocycles. The van der Waals surface area contributed by atoms with E-state index in [4.69, 9.17) is 0 Å². The van der Waals surface area contributed by atoms with Gasteiger partial charge in [-0.2, -0.15) is 0 Å². The molecule has 0 saturated heterocycles. The number of hydrogen-bond acceptors (Lipinski definition) is 1. The molecule has 1 aliphatic rings. The van der Waals surface area contributed by atoms with Gasteiger partial charge in [-0.3, -0.25) is 4.79 Å². The maximum Gasteiger partial charge on any atom is 0.251 e. The summed E-state index contributed by atoms with van der Waals surface area (Å²) in [5, 5.41) is 3.08. The molecule has 1 N–H and O–H groups in total. The Morgan fingerprint density at radius 1 is 1.10 bits per heavy atom.